The molecule has 0 aromatic carbocycles. The Morgan fingerprint density at radius 3 is 3.00 bits per heavy atom. The Kier molecular flexibility index (Phi) is 4.34. The highest BCUT2D eigenvalue weighted by atomic mass is 32.1. The van der Waals surface area contributed by atoms with Crippen LogP contribution < -0.4 is 5.32 Å². The molecule has 0 spiro atoms. The van der Waals surface area contributed by atoms with Crippen LogP contribution in [0.3, 0.4) is 0 Å². The maximum atomic E-state index is 4.17. The summed E-state index contributed by atoms with van der Waals surface area (Å²) >= 11 is 1.77. The van der Waals surface area contributed by atoms with Crippen molar-refractivity contribution in [1.82, 2.24) is 15.1 Å². The van der Waals surface area contributed by atoms with Crippen LogP contribution in [0.25, 0.3) is 0 Å². The Morgan fingerprint density at radius 2 is 2.35 bits per heavy atom. The van der Waals surface area contributed by atoms with Crippen molar-refractivity contribution >= 4 is 11.3 Å². The number of hydrogen-bond donors (Lipinski definition) is 1. The van der Waals surface area contributed by atoms with E-state index in [-0.39, 0.29) is 0 Å². The van der Waals surface area contributed by atoms with Crippen LogP contribution in [-0.2, 0) is 19.9 Å². The summed E-state index contributed by atoms with van der Waals surface area (Å²) in [7, 11) is 1.95. The summed E-state index contributed by atoms with van der Waals surface area (Å²) in [6.45, 7) is 3.25. The lowest BCUT2D eigenvalue weighted by molar-refractivity contribution is 0.549. The molecule has 0 radical (unpaired) electrons. The zero-order valence-corrected chi connectivity index (χ0v) is 11.2. The van der Waals surface area contributed by atoms with Crippen molar-refractivity contribution in [1.29, 1.82) is 0 Å². The molecule has 3 nitrogen and oxygen atoms in total. The van der Waals surface area contributed by atoms with E-state index in [2.05, 4.69) is 40.4 Å². The number of hydrogen-bond acceptors (Lipinski definition) is 3. The molecular formula is C13H19N3S. The Morgan fingerprint density at radius 1 is 1.47 bits per heavy atom. The van der Waals surface area contributed by atoms with Gasteiger partial charge in [-0.05, 0) is 54.3 Å². The molecule has 1 N–H and O–H groups in total. The van der Waals surface area contributed by atoms with E-state index in [1.54, 1.807) is 11.3 Å². The third-order valence-electron chi connectivity index (χ3n) is 2.79. The molecule has 2 aromatic rings. The highest BCUT2D eigenvalue weighted by Gasteiger charge is 2.03. The second-order valence-electron chi connectivity index (χ2n) is 4.46. The summed E-state index contributed by atoms with van der Waals surface area (Å²) in [6, 6.07) is 2.73. The van der Waals surface area contributed by atoms with Crippen molar-refractivity contribution < 1.29 is 0 Å². The van der Waals surface area contributed by atoms with E-state index < -0.39 is 0 Å². The zero-order chi connectivity index (χ0) is 12.1. The lowest BCUT2D eigenvalue weighted by Crippen LogP contribution is -2.29. The molecule has 0 amide bonds. The first-order chi connectivity index (χ1) is 8.24. The molecule has 0 aliphatic rings. The largest absolute Gasteiger partial charge is 0.314 e. The van der Waals surface area contributed by atoms with Crippen molar-refractivity contribution in [3.63, 3.8) is 0 Å². The molecule has 1 unspecified atom stereocenters. The van der Waals surface area contributed by atoms with Gasteiger partial charge in [-0.2, -0.15) is 16.4 Å². The van der Waals surface area contributed by atoms with E-state index in [4.69, 9.17) is 0 Å². The Labute approximate surface area is 106 Å². The van der Waals surface area contributed by atoms with Gasteiger partial charge in [-0.1, -0.05) is 0 Å². The van der Waals surface area contributed by atoms with Crippen LogP contribution in [0.4, 0.5) is 0 Å². The van der Waals surface area contributed by atoms with Crippen LogP contribution in [0.1, 0.15) is 18.1 Å². The van der Waals surface area contributed by atoms with E-state index in [9.17, 15) is 0 Å². The van der Waals surface area contributed by atoms with E-state index >= 15 is 0 Å². The van der Waals surface area contributed by atoms with Gasteiger partial charge in [0.15, 0.2) is 0 Å². The van der Waals surface area contributed by atoms with Crippen LogP contribution in [-0.4, -0.2) is 22.4 Å². The van der Waals surface area contributed by atoms with E-state index in [0.717, 1.165) is 19.4 Å². The minimum absolute atomic E-state index is 0.529. The number of aromatic nitrogens is 2. The van der Waals surface area contributed by atoms with Gasteiger partial charge in [0.25, 0.3) is 0 Å². The maximum Gasteiger partial charge on any atom is 0.0522 e. The van der Waals surface area contributed by atoms with Crippen LogP contribution >= 0.6 is 11.3 Å². The number of thiophene rings is 1. The monoisotopic (exact) mass is 249 g/mol. The molecule has 0 bridgehead atoms. The highest BCUT2D eigenvalue weighted by molar-refractivity contribution is 7.07. The van der Waals surface area contributed by atoms with Gasteiger partial charge in [-0.15, -0.1) is 0 Å². The van der Waals surface area contributed by atoms with Gasteiger partial charge >= 0.3 is 0 Å². The summed E-state index contributed by atoms with van der Waals surface area (Å²) in [5.41, 5.74) is 2.72. The normalized spacial score (nSPS) is 12.8. The molecular weight excluding hydrogens is 230 g/mol. The molecule has 2 aromatic heterocycles. The number of nitrogens with one attached hydrogen (secondary N) is 1. The second kappa shape index (κ2) is 5.98. The third-order valence-corrected chi connectivity index (χ3v) is 3.52. The first-order valence-electron chi connectivity index (χ1n) is 5.96. The molecule has 4 heteroatoms. The number of aryl methyl sites for hydroxylation is 1. The van der Waals surface area contributed by atoms with Gasteiger partial charge in [0.05, 0.1) is 6.20 Å². The lowest BCUT2D eigenvalue weighted by Gasteiger charge is -2.12. The number of rotatable bonds is 6. The highest BCUT2D eigenvalue weighted by Crippen LogP contribution is 2.08. The van der Waals surface area contributed by atoms with Crippen LogP contribution in [0.2, 0.25) is 0 Å². The predicted octanol–water partition coefficient (Wildman–Crippen LogP) is 2.24. The molecule has 2 rings (SSSR count). The smallest absolute Gasteiger partial charge is 0.0522 e. The molecule has 92 valence electrons. The van der Waals surface area contributed by atoms with Gasteiger partial charge in [-0.3, -0.25) is 4.68 Å². The first kappa shape index (κ1) is 12.3. The van der Waals surface area contributed by atoms with E-state index in [0.29, 0.717) is 6.04 Å². The molecule has 0 saturated carbocycles. The zero-order valence-electron chi connectivity index (χ0n) is 10.4. The maximum absolute atomic E-state index is 4.17. The fourth-order valence-corrected chi connectivity index (χ4v) is 2.58. The minimum atomic E-state index is 0.529. The van der Waals surface area contributed by atoms with Gasteiger partial charge in [0, 0.05) is 19.3 Å². The molecule has 0 aliphatic heterocycles. The second-order valence-corrected chi connectivity index (χ2v) is 5.24. The Hall–Kier alpha value is -1.13. The van der Waals surface area contributed by atoms with Gasteiger partial charge < -0.3 is 5.32 Å². The summed E-state index contributed by atoms with van der Waals surface area (Å²) in [5.74, 6) is 0. The lowest BCUT2D eigenvalue weighted by atomic mass is 10.1. The van der Waals surface area contributed by atoms with Crippen LogP contribution in [0.15, 0.2) is 29.2 Å². The first-order valence-corrected chi connectivity index (χ1v) is 6.90. The number of nitrogens with zero attached hydrogens (tertiary/aromatic N) is 2. The molecule has 0 saturated heterocycles. The summed E-state index contributed by atoms with van der Waals surface area (Å²) < 4.78 is 1.85. The van der Waals surface area contributed by atoms with Crippen molar-refractivity contribution in [2.24, 2.45) is 7.05 Å². The van der Waals surface area contributed by atoms with Crippen molar-refractivity contribution in [2.75, 3.05) is 6.54 Å². The van der Waals surface area contributed by atoms with Gasteiger partial charge in [0.1, 0.15) is 0 Å². The van der Waals surface area contributed by atoms with Crippen molar-refractivity contribution in [3.05, 3.63) is 40.3 Å². The van der Waals surface area contributed by atoms with Gasteiger partial charge in [-0.25, -0.2) is 0 Å². The molecule has 17 heavy (non-hydrogen) atoms. The summed E-state index contributed by atoms with van der Waals surface area (Å²) in [6.07, 6.45) is 6.16. The Balaban J connectivity index is 1.68. The molecule has 0 fully saturated rings. The predicted molar refractivity (Wildman–Crippen MR) is 72.4 cm³/mol. The van der Waals surface area contributed by atoms with Crippen molar-refractivity contribution in [2.45, 2.75) is 25.8 Å². The average Bonchev–Trinajstić information content (AvgIpc) is 2.90. The Bertz CT molecular complexity index is 433. The fraction of sp³-hybridized carbons (Fsp3) is 0.462. The third kappa shape index (κ3) is 3.98. The van der Waals surface area contributed by atoms with Crippen molar-refractivity contribution in [3.8, 4) is 0 Å². The summed E-state index contributed by atoms with van der Waals surface area (Å²) in [4.78, 5) is 0. The molecule has 1 atom stereocenters. The van der Waals surface area contributed by atoms with E-state index in [1.807, 2.05) is 17.9 Å². The average molecular weight is 249 g/mol. The molecule has 0 aliphatic carbocycles. The standard InChI is InChI=1S/C13H19N3S/c1-11(7-12-4-6-17-10-12)14-5-3-13-8-15-16(2)9-13/h4,6,8-11,14H,3,5,7H2,1-2H3. The van der Waals surface area contributed by atoms with E-state index in [1.165, 1.54) is 11.1 Å². The van der Waals surface area contributed by atoms with Crippen LogP contribution in [0.5, 0.6) is 0 Å². The van der Waals surface area contributed by atoms with Gasteiger partial charge in [0.2, 0.25) is 0 Å². The topological polar surface area (TPSA) is 29.9 Å². The molecule has 2 heterocycles. The minimum Gasteiger partial charge on any atom is -0.314 e. The SMILES string of the molecule is CC(Cc1ccsc1)NCCc1cnn(C)c1. The fourth-order valence-electron chi connectivity index (χ4n) is 1.90. The van der Waals surface area contributed by atoms with Crippen LogP contribution in [0, 0.1) is 0 Å². The quantitative estimate of drug-likeness (QED) is 0.851. The summed E-state index contributed by atoms with van der Waals surface area (Å²) in [5, 5.41) is 12.1.